The molecule has 0 spiro atoms. The molecular weight excluding hydrogens is 262 g/mol. The monoisotopic (exact) mass is 275 g/mol. The quantitative estimate of drug-likeness (QED) is 0.428. The SMILES string of the molecule is Nc1cnc(Cl)c(C(=O)NC(CO)(CO)CO)c1. The topological polar surface area (TPSA) is 129 Å². The maximum Gasteiger partial charge on any atom is 0.255 e. The van der Waals surface area contributed by atoms with Crippen LogP contribution < -0.4 is 11.1 Å². The zero-order valence-corrected chi connectivity index (χ0v) is 10.2. The van der Waals surface area contributed by atoms with Gasteiger partial charge < -0.3 is 26.4 Å². The minimum atomic E-state index is -1.52. The molecule has 0 radical (unpaired) electrons. The van der Waals surface area contributed by atoms with E-state index in [1.165, 1.54) is 12.3 Å². The van der Waals surface area contributed by atoms with Gasteiger partial charge in [-0.05, 0) is 6.07 Å². The highest BCUT2D eigenvalue weighted by Crippen LogP contribution is 2.16. The molecule has 18 heavy (non-hydrogen) atoms. The maximum absolute atomic E-state index is 11.9. The summed E-state index contributed by atoms with van der Waals surface area (Å²) in [7, 11) is 0. The van der Waals surface area contributed by atoms with E-state index in [0.717, 1.165) is 0 Å². The summed E-state index contributed by atoms with van der Waals surface area (Å²) in [6, 6.07) is 1.31. The third kappa shape index (κ3) is 3.08. The molecule has 0 atom stereocenters. The van der Waals surface area contributed by atoms with Gasteiger partial charge in [0.25, 0.3) is 5.91 Å². The number of halogens is 1. The summed E-state index contributed by atoms with van der Waals surface area (Å²) in [6.45, 7) is -1.88. The Morgan fingerprint density at radius 3 is 2.44 bits per heavy atom. The van der Waals surface area contributed by atoms with E-state index in [-0.39, 0.29) is 16.4 Å². The Bertz CT molecular complexity index is 429. The largest absolute Gasteiger partial charge is 0.397 e. The number of aliphatic hydroxyl groups is 3. The zero-order valence-electron chi connectivity index (χ0n) is 9.43. The molecule has 100 valence electrons. The molecule has 8 heteroatoms. The van der Waals surface area contributed by atoms with E-state index in [1.807, 2.05) is 0 Å². The van der Waals surface area contributed by atoms with E-state index in [4.69, 9.17) is 32.7 Å². The Morgan fingerprint density at radius 2 is 1.94 bits per heavy atom. The third-order valence-electron chi connectivity index (χ3n) is 2.39. The van der Waals surface area contributed by atoms with Crippen LogP contribution >= 0.6 is 11.6 Å². The van der Waals surface area contributed by atoms with Crippen LogP contribution in [0.4, 0.5) is 5.69 Å². The molecule has 0 aliphatic heterocycles. The van der Waals surface area contributed by atoms with Crippen LogP contribution in [0.3, 0.4) is 0 Å². The first-order valence-corrected chi connectivity index (χ1v) is 5.42. The Morgan fingerprint density at radius 1 is 1.39 bits per heavy atom. The Hall–Kier alpha value is -1.41. The number of hydrogen-bond acceptors (Lipinski definition) is 6. The molecule has 1 aromatic heterocycles. The van der Waals surface area contributed by atoms with Crippen LogP contribution in [0.15, 0.2) is 12.3 Å². The average molecular weight is 276 g/mol. The van der Waals surface area contributed by atoms with Crippen LogP contribution in [-0.2, 0) is 0 Å². The predicted molar refractivity (Wildman–Crippen MR) is 65.1 cm³/mol. The lowest BCUT2D eigenvalue weighted by atomic mass is 10.0. The lowest BCUT2D eigenvalue weighted by Crippen LogP contribution is -2.57. The lowest BCUT2D eigenvalue weighted by molar-refractivity contribution is 0.0375. The van der Waals surface area contributed by atoms with Crippen molar-refractivity contribution in [2.24, 2.45) is 0 Å². The predicted octanol–water partition coefficient (Wildman–Crippen LogP) is -1.24. The van der Waals surface area contributed by atoms with Crippen LogP contribution in [-0.4, -0.2) is 51.6 Å². The fourth-order valence-electron chi connectivity index (χ4n) is 1.20. The number of hydrogen-bond donors (Lipinski definition) is 5. The number of rotatable bonds is 5. The fourth-order valence-corrected chi connectivity index (χ4v) is 1.39. The van der Waals surface area contributed by atoms with Crippen LogP contribution in [0, 0.1) is 0 Å². The fraction of sp³-hybridized carbons (Fsp3) is 0.400. The number of anilines is 1. The van der Waals surface area contributed by atoms with Crippen molar-refractivity contribution in [1.29, 1.82) is 0 Å². The Labute approximate surface area is 108 Å². The van der Waals surface area contributed by atoms with Gasteiger partial charge in [-0.25, -0.2) is 4.98 Å². The summed E-state index contributed by atoms with van der Waals surface area (Å²) < 4.78 is 0. The summed E-state index contributed by atoms with van der Waals surface area (Å²) in [6.07, 6.45) is 1.29. The first kappa shape index (κ1) is 14.7. The van der Waals surface area contributed by atoms with Crippen LogP contribution in [0.2, 0.25) is 5.15 Å². The summed E-state index contributed by atoms with van der Waals surface area (Å²) in [5.74, 6) is -0.697. The maximum atomic E-state index is 11.9. The number of aromatic nitrogens is 1. The standard InChI is InChI=1S/C10H14ClN3O4/c11-8-7(1-6(12)2-13-8)9(18)14-10(3-15,4-16)5-17/h1-2,15-17H,3-5,12H2,(H,14,18). The summed E-state index contributed by atoms with van der Waals surface area (Å²) in [4.78, 5) is 15.6. The Balaban J connectivity index is 2.97. The molecule has 0 saturated heterocycles. The second-order valence-electron chi connectivity index (χ2n) is 3.82. The molecule has 0 fully saturated rings. The molecule has 1 rings (SSSR count). The molecule has 1 aromatic rings. The van der Waals surface area contributed by atoms with Crippen molar-refractivity contribution in [2.75, 3.05) is 25.6 Å². The number of nitrogens with one attached hydrogen (secondary N) is 1. The molecule has 0 aliphatic rings. The van der Waals surface area contributed by atoms with Gasteiger partial charge in [-0.1, -0.05) is 11.6 Å². The van der Waals surface area contributed by atoms with Crippen molar-refractivity contribution in [3.8, 4) is 0 Å². The van der Waals surface area contributed by atoms with Crippen molar-refractivity contribution in [3.05, 3.63) is 23.0 Å². The molecule has 1 heterocycles. The van der Waals surface area contributed by atoms with Gasteiger partial charge in [0.2, 0.25) is 0 Å². The molecule has 0 unspecified atom stereocenters. The summed E-state index contributed by atoms with van der Waals surface area (Å²) >= 11 is 5.73. The normalized spacial score (nSPS) is 11.3. The van der Waals surface area contributed by atoms with Crippen molar-refractivity contribution < 1.29 is 20.1 Å². The van der Waals surface area contributed by atoms with Crippen molar-refractivity contribution in [2.45, 2.75) is 5.54 Å². The number of carbonyl (C=O) groups excluding carboxylic acids is 1. The van der Waals surface area contributed by atoms with Gasteiger partial charge in [0.15, 0.2) is 0 Å². The number of amides is 1. The molecule has 0 bridgehead atoms. The van der Waals surface area contributed by atoms with E-state index in [0.29, 0.717) is 0 Å². The summed E-state index contributed by atoms with van der Waals surface area (Å²) in [5.41, 5.74) is 4.19. The average Bonchev–Trinajstić information content (AvgIpc) is 2.38. The second kappa shape index (κ2) is 5.96. The number of nitrogens with zero attached hydrogens (tertiary/aromatic N) is 1. The van der Waals surface area contributed by atoms with Gasteiger partial charge in [-0.3, -0.25) is 4.79 Å². The molecule has 1 amide bonds. The molecule has 0 aromatic carbocycles. The van der Waals surface area contributed by atoms with Crippen LogP contribution in [0.1, 0.15) is 10.4 Å². The van der Waals surface area contributed by atoms with E-state index in [9.17, 15) is 4.79 Å². The Kier molecular flexibility index (Phi) is 4.85. The van der Waals surface area contributed by atoms with Crippen LogP contribution in [0.5, 0.6) is 0 Å². The number of aliphatic hydroxyl groups excluding tert-OH is 3. The van der Waals surface area contributed by atoms with Gasteiger partial charge >= 0.3 is 0 Å². The van der Waals surface area contributed by atoms with Crippen molar-refractivity contribution in [3.63, 3.8) is 0 Å². The van der Waals surface area contributed by atoms with E-state index in [1.54, 1.807) is 0 Å². The zero-order chi connectivity index (χ0) is 13.8. The highest BCUT2D eigenvalue weighted by molar-refractivity contribution is 6.32. The van der Waals surface area contributed by atoms with Gasteiger partial charge in [-0.15, -0.1) is 0 Å². The minimum Gasteiger partial charge on any atom is -0.397 e. The second-order valence-corrected chi connectivity index (χ2v) is 4.17. The smallest absolute Gasteiger partial charge is 0.255 e. The van der Waals surface area contributed by atoms with E-state index in [2.05, 4.69) is 10.3 Å². The van der Waals surface area contributed by atoms with Crippen molar-refractivity contribution >= 4 is 23.2 Å². The molecule has 7 nitrogen and oxygen atoms in total. The van der Waals surface area contributed by atoms with E-state index >= 15 is 0 Å². The molecule has 0 aliphatic carbocycles. The third-order valence-corrected chi connectivity index (χ3v) is 2.69. The van der Waals surface area contributed by atoms with E-state index < -0.39 is 31.3 Å². The molecular formula is C10H14ClN3O4. The number of pyridine rings is 1. The molecule has 0 saturated carbocycles. The minimum absolute atomic E-state index is 0.00334. The van der Waals surface area contributed by atoms with Gasteiger partial charge in [0.1, 0.15) is 10.7 Å². The lowest BCUT2D eigenvalue weighted by Gasteiger charge is -2.28. The highest BCUT2D eigenvalue weighted by atomic mass is 35.5. The van der Waals surface area contributed by atoms with Gasteiger partial charge in [0.05, 0.1) is 37.3 Å². The first-order valence-electron chi connectivity index (χ1n) is 5.04. The summed E-state index contributed by atoms with van der Waals surface area (Å²) in [5, 5.41) is 29.5. The van der Waals surface area contributed by atoms with Gasteiger partial charge in [-0.2, -0.15) is 0 Å². The van der Waals surface area contributed by atoms with Crippen molar-refractivity contribution in [1.82, 2.24) is 10.3 Å². The van der Waals surface area contributed by atoms with Gasteiger partial charge in [0, 0.05) is 0 Å². The number of nitrogens with two attached hydrogens (primary N) is 1. The first-order chi connectivity index (χ1) is 8.48. The molecule has 6 N–H and O–H groups in total. The number of nitrogen functional groups attached to an aromatic ring is 1. The van der Waals surface area contributed by atoms with Crippen LogP contribution in [0.25, 0.3) is 0 Å². The highest BCUT2D eigenvalue weighted by Gasteiger charge is 2.31. The number of carbonyl (C=O) groups is 1.